The van der Waals surface area contributed by atoms with Gasteiger partial charge in [0.2, 0.25) is 0 Å². The minimum absolute atomic E-state index is 0.211. The lowest BCUT2D eigenvalue weighted by atomic mass is 10.0. The van der Waals surface area contributed by atoms with Gasteiger partial charge in [-0.3, -0.25) is 4.99 Å². The Labute approximate surface area is 74.6 Å². The maximum atomic E-state index is 5.84. The van der Waals surface area contributed by atoms with Crippen molar-refractivity contribution in [2.75, 3.05) is 13.1 Å². The smallest absolute Gasteiger partial charge is 0.191 e. The lowest BCUT2D eigenvalue weighted by Crippen LogP contribution is -2.46. The molecule has 1 fully saturated rings. The monoisotopic (exact) mass is 169 g/mol. The van der Waals surface area contributed by atoms with Crippen LogP contribution in [0.4, 0.5) is 0 Å². The maximum Gasteiger partial charge on any atom is 0.191 e. The third kappa shape index (κ3) is 1.71. The van der Waals surface area contributed by atoms with Crippen LogP contribution in [0, 0.1) is 0 Å². The van der Waals surface area contributed by atoms with E-state index in [-0.39, 0.29) is 5.54 Å². The van der Waals surface area contributed by atoms with Gasteiger partial charge in [0.05, 0.1) is 0 Å². The van der Waals surface area contributed by atoms with Crippen molar-refractivity contribution in [3.05, 3.63) is 0 Å². The highest BCUT2D eigenvalue weighted by Crippen LogP contribution is 2.27. The molecule has 1 aliphatic rings. The van der Waals surface area contributed by atoms with Crippen molar-refractivity contribution in [3.8, 4) is 0 Å². The van der Waals surface area contributed by atoms with Crippen LogP contribution in [-0.4, -0.2) is 29.5 Å². The minimum atomic E-state index is 0.211. The first-order valence-electron chi connectivity index (χ1n) is 4.65. The Morgan fingerprint density at radius 3 is 2.67 bits per heavy atom. The Kier molecular flexibility index (Phi) is 2.60. The van der Waals surface area contributed by atoms with E-state index in [2.05, 4.69) is 23.7 Å². The summed E-state index contributed by atoms with van der Waals surface area (Å²) in [6.45, 7) is 8.28. The van der Waals surface area contributed by atoms with Crippen LogP contribution in [0.2, 0.25) is 0 Å². The highest BCUT2D eigenvalue weighted by atomic mass is 15.3. The fraction of sp³-hybridized carbons (Fsp3) is 0.889. The van der Waals surface area contributed by atoms with Crippen molar-refractivity contribution >= 4 is 5.96 Å². The lowest BCUT2D eigenvalue weighted by Gasteiger charge is -2.32. The van der Waals surface area contributed by atoms with E-state index in [0.717, 1.165) is 13.1 Å². The number of aliphatic imine (C=N–C) groups is 1. The van der Waals surface area contributed by atoms with E-state index in [1.807, 2.05) is 6.92 Å². The topological polar surface area (TPSA) is 41.6 Å². The van der Waals surface area contributed by atoms with Crippen molar-refractivity contribution in [3.63, 3.8) is 0 Å². The highest BCUT2D eigenvalue weighted by molar-refractivity contribution is 5.79. The van der Waals surface area contributed by atoms with Crippen molar-refractivity contribution in [1.29, 1.82) is 0 Å². The minimum Gasteiger partial charge on any atom is -0.370 e. The van der Waals surface area contributed by atoms with E-state index in [0.29, 0.717) is 5.96 Å². The third-order valence-corrected chi connectivity index (χ3v) is 2.50. The summed E-state index contributed by atoms with van der Waals surface area (Å²) in [5, 5.41) is 0. The van der Waals surface area contributed by atoms with Gasteiger partial charge in [0, 0.05) is 18.6 Å². The van der Waals surface area contributed by atoms with Gasteiger partial charge in [-0.25, -0.2) is 0 Å². The second kappa shape index (κ2) is 3.33. The predicted molar refractivity (Wildman–Crippen MR) is 52.2 cm³/mol. The molecule has 0 amide bonds. The second-order valence-electron chi connectivity index (χ2n) is 3.90. The molecule has 1 saturated heterocycles. The van der Waals surface area contributed by atoms with E-state index >= 15 is 0 Å². The lowest BCUT2D eigenvalue weighted by molar-refractivity contribution is 0.278. The summed E-state index contributed by atoms with van der Waals surface area (Å²) >= 11 is 0. The van der Waals surface area contributed by atoms with Crippen molar-refractivity contribution in [2.45, 2.75) is 39.2 Å². The summed E-state index contributed by atoms with van der Waals surface area (Å²) in [5.41, 5.74) is 6.05. The summed E-state index contributed by atoms with van der Waals surface area (Å²) in [6.07, 6.45) is 2.44. The van der Waals surface area contributed by atoms with Gasteiger partial charge < -0.3 is 10.6 Å². The SMILES string of the molecule is CCN=C(N)N1CCCC1(C)C. The van der Waals surface area contributed by atoms with Gasteiger partial charge in [-0.1, -0.05) is 0 Å². The van der Waals surface area contributed by atoms with Crippen LogP contribution in [0.25, 0.3) is 0 Å². The van der Waals surface area contributed by atoms with Crippen LogP contribution in [0.1, 0.15) is 33.6 Å². The summed E-state index contributed by atoms with van der Waals surface area (Å²) in [4.78, 5) is 6.43. The van der Waals surface area contributed by atoms with Gasteiger partial charge in [0.15, 0.2) is 5.96 Å². The largest absolute Gasteiger partial charge is 0.370 e. The number of rotatable bonds is 1. The molecule has 0 aromatic carbocycles. The van der Waals surface area contributed by atoms with Crippen LogP contribution >= 0.6 is 0 Å². The summed E-state index contributed by atoms with van der Waals surface area (Å²) in [7, 11) is 0. The molecular weight excluding hydrogens is 150 g/mol. The highest BCUT2D eigenvalue weighted by Gasteiger charge is 2.32. The molecule has 1 aliphatic heterocycles. The molecule has 0 atom stereocenters. The van der Waals surface area contributed by atoms with E-state index in [1.54, 1.807) is 0 Å². The van der Waals surface area contributed by atoms with Crippen molar-refractivity contribution in [2.24, 2.45) is 10.7 Å². The number of hydrogen-bond donors (Lipinski definition) is 1. The molecule has 0 aliphatic carbocycles. The van der Waals surface area contributed by atoms with E-state index in [1.165, 1.54) is 12.8 Å². The molecule has 0 spiro atoms. The van der Waals surface area contributed by atoms with Gasteiger partial charge in [0.1, 0.15) is 0 Å². The quantitative estimate of drug-likeness (QED) is 0.473. The molecule has 0 bridgehead atoms. The molecule has 3 nitrogen and oxygen atoms in total. The first-order chi connectivity index (χ1) is 5.58. The number of nitrogens with two attached hydrogens (primary N) is 1. The Morgan fingerprint density at radius 1 is 1.58 bits per heavy atom. The third-order valence-electron chi connectivity index (χ3n) is 2.50. The molecule has 1 rings (SSSR count). The van der Waals surface area contributed by atoms with Crippen molar-refractivity contribution < 1.29 is 0 Å². The standard InChI is InChI=1S/C9H19N3/c1-4-11-8(10)12-7-5-6-9(12,2)3/h4-7H2,1-3H3,(H2,10,11). The fourth-order valence-corrected chi connectivity index (χ4v) is 1.78. The molecule has 0 aromatic rings. The van der Waals surface area contributed by atoms with E-state index in [4.69, 9.17) is 5.73 Å². The fourth-order valence-electron chi connectivity index (χ4n) is 1.78. The van der Waals surface area contributed by atoms with Gasteiger partial charge in [0.25, 0.3) is 0 Å². The van der Waals surface area contributed by atoms with Gasteiger partial charge >= 0.3 is 0 Å². The number of nitrogens with zero attached hydrogens (tertiary/aromatic N) is 2. The zero-order chi connectivity index (χ0) is 9.19. The second-order valence-corrected chi connectivity index (χ2v) is 3.90. The van der Waals surface area contributed by atoms with Gasteiger partial charge in [-0.2, -0.15) is 0 Å². The average Bonchev–Trinajstić information content (AvgIpc) is 2.30. The molecule has 70 valence electrons. The number of guanidine groups is 1. The molecule has 12 heavy (non-hydrogen) atoms. The Bertz CT molecular complexity index is 184. The first-order valence-corrected chi connectivity index (χ1v) is 4.65. The molecule has 0 saturated carbocycles. The first kappa shape index (κ1) is 9.36. The van der Waals surface area contributed by atoms with Crippen LogP contribution < -0.4 is 5.73 Å². The Balaban J connectivity index is 2.68. The molecule has 0 radical (unpaired) electrons. The maximum absolute atomic E-state index is 5.84. The Hall–Kier alpha value is -0.730. The van der Waals surface area contributed by atoms with Crippen LogP contribution in [0.15, 0.2) is 4.99 Å². The molecule has 3 heteroatoms. The van der Waals surface area contributed by atoms with Gasteiger partial charge in [-0.05, 0) is 33.6 Å². The molecule has 2 N–H and O–H groups in total. The Morgan fingerprint density at radius 2 is 2.25 bits per heavy atom. The molecule has 0 unspecified atom stereocenters. The van der Waals surface area contributed by atoms with E-state index in [9.17, 15) is 0 Å². The summed E-state index contributed by atoms with van der Waals surface area (Å²) in [6, 6.07) is 0. The predicted octanol–water partition coefficient (Wildman–Crippen LogP) is 1.20. The van der Waals surface area contributed by atoms with E-state index < -0.39 is 0 Å². The van der Waals surface area contributed by atoms with Crippen LogP contribution in [-0.2, 0) is 0 Å². The number of likely N-dealkylation sites (tertiary alicyclic amines) is 1. The molecular formula is C9H19N3. The molecule has 0 aromatic heterocycles. The normalized spacial score (nSPS) is 23.2. The molecule has 1 heterocycles. The van der Waals surface area contributed by atoms with Crippen LogP contribution in [0.3, 0.4) is 0 Å². The summed E-state index contributed by atoms with van der Waals surface area (Å²) < 4.78 is 0. The number of hydrogen-bond acceptors (Lipinski definition) is 1. The average molecular weight is 169 g/mol. The van der Waals surface area contributed by atoms with Crippen molar-refractivity contribution in [1.82, 2.24) is 4.90 Å². The zero-order valence-corrected chi connectivity index (χ0v) is 8.30. The zero-order valence-electron chi connectivity index (χ0n) is 8.30. The summed E-state index contributed by atoms with van der Waals surface area (Å²) in [5.74, 6) is 0.708. The van der Waals surface area contributed by atoms with Gasteiger partial charge in [-0.15, -0.1) is 0 Å². The van der Waals surface area contributed by atoms with Crippen LogP contribution in [0.5, 0.6) is 0 Å².